The fraction of sp³-hybridized carbons (Fsp3) is 0.0385. The lowest BCUT2D eigenvalue weighted by Crippen LogP contribution is -2.13. The molecule has 33 heavy (non-hydrogen) atoms. The molecule has 3 N–H and O–H groups in total. The van der Waals surface area contributed by atoms with Crippen molar-refractivity contribution in [3.05, 3.63) is 108 Å². The summed E-state index contributed by atoms with van der Waals surface area (Å²) in [5.74, 6) is -0.726. The van der Waals surface area contributed by atoms with Gasteiger partial charge in [0.15, 0.2) is 5.69 Å². The lowest BCUT2D eigenvalue weighted by atomic mass is 10.0. The van der Waals surface area contributed by atoms with Crippen LogP contribution in [0.5, 0.6) is 0 Å². The zero-order valence-corrected chi connectivity index (χ0v) is 17.6. The van der Waals surface area contributed by atoms with Gasteiger partial charge in [0.05, 0.1) is 24.1 Å². The van der Waals surface area contributed by atoms with Gasteiger partial charge in [-0.2, -0.15) is 0 Å². The van der Waals surface area contributed by atoms with Crippen molar-refractivity contribution in [1.82, 2.24) is 15.0 Å². The molecule has 0 radical (unpaired) electrons. The third-order valence-corrected chi connectivity index (χ3v) is 5.46. The number of carbonyl (C=O) groups is 1. The van der Waals surface area contributed by atoms with Gasteiger partial charge >= 0.3 is 0 Å². The van der Waals surface area contributed by atoms with Crippen LogP contribution in [0.3, 0.4) is 0 Å². The predicted molar refractivity (Wildman–Crippen MR) is 127 cm³/mol. The van der Waals surface area contributed by atoms with Crippen molar-refractivity contribution in [3.8, 4) is 11.1 Å². The highest BCUT2D eigenvalue weighted by Crippen LogP contribution is 2.28. The van der Waals surface area contributed by atoms with E-state index in [4.69, 9.17) is 5.73 Å². The fourth-order valence-electron chi connectivity index (χ4n) is 3.76. The van der Waals surface area contributed by atoms with E-state index >= 15 is 0 Å². The van der Waals surface area contributed by atoms with E-state index in [2.05, 4.69) is 33.8 Å². The number of halogens is 1. The van der Waals surface area contributed by atoms with Crippen molar-refractivity contribution in [1.29, 1.82) is 0 Å². The minimum absolute atomic E-state index is 0.182. The van der Waals surface area contributed by atoms with Crippen LogP contribution in [0.4, 0.5) is 15.8 Å². The smallest absolute Gasteiger partial charge is 0.277 e. The molecule has 0 unspecified atom stereocenters. The Bertz CT molecular complexity index is 1450. The van der Waals surface area contributed by atoms with Crippen molar-refractivity contribution < 1.29 is 9.18 Å². The Labute approximate surface area is 189 Å². The zero-order chi connectivity index (χ0) is 22.8. The molecule has 0 saturated carbocycles. The molecule has 0 atom stereocenters. The molecule has 1 amide bonds. The number of aromatic nitrogens is 3. The zero-order valence-electron chi connectivity index (χ0n) is 17.6. The van der Waals surface area contributed by atoms with Crippen molar-refractivity contribution in [2.24, 2.45) is 0 Å². The number of nitrogens with zero attached hydrogens (tertiary/aromatic N) is 3. The fourth-order valence-corrected chi connectivity index (χ4v) is 3.76. The van der Waals surface area contributed by atoms with Gasteiger partial charge in [-0.1, -0.05) is 65.9 Å². The Kier molecular flexibility index (Phi) is 5.28. The van der Waals surface area contributed by atoms with E-state index in [1.165, 1.54) is 12.1 Å². The van der Waals surface area contributed by atoms with E-state index in [0.717, 1.165) is 27.5 Å². The molecule has 1 aromatic heterocycles. The van der Waals surface area contributed by atoms with Crippen molar-refractivity contribution in [2.75, 3.05) is 11.1 Å². The predicted octanol–water partition coefficient (Wildman–Crippen LogP) is 5.12. The van der Waals surface area contributed by atoms with Crippen LogP contribution in [0.15, 0.2) is 91.1 Å². The number of hydrogen-bond acceptors (Lipinski definition) is 4. The standard InChI is InChI=1S/C26H20FN5O/c27-21-11-8-17(9-12-21)19-10-13-23(28)24(14-19)29-26(33)25-16-32(31-30-25)15-20-6-3-5-18-4-1-2-7-22(18)20/h1-14,16H,15,28H2,(H,29,33). The van der Waals surface area contributed by atoms with Gasteiger partial charge in [-0.3, -0.25) is 4.79 Å². The van der Waals surface area contributed by atoms with E-state index in [1.54, 1.807) is 35.1 Å². The Morgan fingerprint density at radius 2 is 1.70 bits per heavy atom. The second kappa shape index (κ2) is 8.55. The molecule has 0 fully saturated rings. The van der Waals surface area contributed by atoms with Crippen LogP contribution in [0.2, 0.25) is 0 Å². The maximum Gasteiger partial charge on any atom is 0.277 e. The summed E-state index contributed by atoms with van der Waals surface area (Å²) in [6.45, 7) is 0.490. The van der Waals surface area contributed by atoms with Crippen LogP contribution < -0.4 is 11.1 Å². The van der Waals surface area contributed by atoms with E-state index < -0.39 is 5.91 Å². The molecule has 0 aliphatic rings. The van der Waals surface area contributed by atoms with Gasteiger partial charge in [-0.15, -0.1) is 5.10 Å². The molecule has 7 heteroatoms. The topological polar surface area (TPSA) is 85.8 Å². The first kappa shape index (κ1) is 20.4. The van der Waals surface area contributed by atoms with Gasteiger partial charge < -0.3 is 11.1 Å². The highest BCUT2D eigenvalue weighted by molar-refractivity contribution is 6.04. The molecule has 0 spiro atoms. The summed E-state index contributed by atoms with van der Waals surface area (Å²) in [5.41, 5.74) is 9.81. The molecule has 0 saturated heterocycles. The van der Waals surface area contributed by atoms with Gasteiger partial charge in [0.1, 0.15) is 5.82 Å². The lowest BCUT2D eigenvalue weighted by molar-refractivity contribution is 0.102. The number of nitrogen functional groups attached to an aromatic ring is 1. The third-order valence-electron chi connectivity index (χ3n) is 5.46. The number of nitrogens with two attached hydrogens (primary N) is 1. The second-order valence-corrected chi connectivity index (χ2v) is 7.70. The first-order valence-electron chi connectivity index (χ1n) is 10.4. The molecular formula is C26H20FN5O. The second-order valence-electron chi connectivity index (χ2n) is 7.70. The van der Waals surface area contributed by atoms with Crippen LogP contribution in [0.1, 0.15) is 16.1 Å². The van der Waals surface area contributed by atoms with Crippen LogP contribution in [0.25, 0.3) is 21.9 Å². The number of carbonyl (C=O) groups excluding carboxylic acids is 1. The summed E-state index contributed by atoms with van der Waals surface area (Å²) in [4.78, 5) is 12.8. The van der Waals surface area contributed by atoms with E-state index in [1.807, 2.05) is 30.3 Å². The minimum Gasteiger partial charge on any atom is -0.397 e. The normalized spacial score (nSPS) is 10.9. The van der Waals surface area contributed by atoms with Crippen LogP contribution in [0, 0.1) is 5.82 Å². The SMILES string of the molecule is Nc1ccc(-c2ccc(F)cc2)cc1NC(=O)c1cn(Cc2cccc3ccccc23)nn1. The van der Waals surface area contributed by atoms with Gasteiger partial charge in [-0.25, -0.2) is 9.07 Å². The number of rotatable bonds is 5. The first-order valence-corrected chi connectivity index (χ1v) is 10.4. The summed E-state index contributed by atoms with van der Waals surface area (Å²) in [6, 6.07) is 25.6. The Morgan fingerprint density at radius 3 is 2.55 bits per heavy atom. The van der Waals surface area contributed by atoms with E-state index in [9.17, 15) is 9.18 Å². The number of fused-ring (bicyclic) bond motifs is 1. The summed E-state index contributed by atoms with van der Waals surface area (Å²) in [5, 5.41) is 13.2. The van der Waals surface area contributed by atoms with E-state index in [0.29, 0.717) is 17.9 Å². The molecule has 5 rings (SSSR count). The Morgan fingerprint density at radius 1 is 0.939 bits per heavy atom. The average molecular weight is 437 g/mol. The molecule has 0 bridgehead atoms. The van der Waals surface area contributed by atoms with Gasteiger partial charge in [-0.05, 0) is 51.7 Å². The number of amides is 1. The largest absolute Gasteiger partial charge is 0.397 e. The summed E-state index contributed by atoms with van der Waals surface area (Å²) in [7, 11) is 0. The van der Waals surface area contributed by atoms with Crippen LogP contribution in [-0.2, 0) is 6.54 Å². The molecule has 0 aliphatic carbocycles. The third kappa shape index (κ3) is 4.29. The van der Waals surface area contributed by atoms with Gasteiger partial charge in [0, 0.05) is 0 Å². The Balaban J connectivity index is 1.35. The number of hydrogen-bond donors (Lipinski definition) is 2. The Hall–Kier alpha value is -4.52. The van der Waals surface area contributed by atoms with Crippen molar-refractivity contribution in [2.45, 2.75) is 6.54 Å². The maximum absolute atomic E-state index is 13.2. The van der Waals surface area contributed by atoms with Gasteiger partial charge in [0.25, 0.3) is 5.91 Å². The molecule has 0 aliphatic heterocycles. The van der Waals surface area contributed by atoms with Gasteiger partial charge in [0.2, 0.25) is 0 Å². The molecule has 5 aromatic rings. The first-order chi connectivity index (χ1) is 16.1. The average Bonchev–Trinajstić information content (AvgIpc) is 3.30. The summed E-state index contributed by atoms with van der Waals surface area (Å²) < 4.78 is 14.9. The molecule has 1 heterocycles. The minimum atomic E-state index is -0.415. The van der Waals surface area contributed by atoms with Crippen LogP contribution in [-0.4, -0.2) is 20.9 Å². The number of nitrogens with one attached hydrogen (secondary N) is 1. The monoisotopic (exact) mass is 437 g/mol. The molecule has 4 aromatic carbocycles. The highest BCUT2D eigenvalue weighted by atomic mass is 19.1. The van der Waals surface area contributed by atoms with Crippen LogP contribution >= 0.6 is 0 Å². The quantitative estimate of drug-likeness (QED) is 0.374. The van der Waals surface area contributed by atoms with Crippen molar-refractivity contribution in [3.63, 3.8) is 0 Å². The number of anilines is 2. The number of benzene rings is 4. The lowest BCUT2D eigenvalue weighted by Gasteiger charge is -2.10. The highest BCUT2D eigenvalue weighted by Gasteiger charge is 2.14. The summed E-state index contributed by atoms with van der Waals surface area (Å²) in [6.07, 6.45) is 1.61. The van der Waals surface area contributed by atoms with E-state index in [-0.39, 0.29) is 11.5 Å². The molecular weight excluding hydrogens is 417 g/mol. The molecule has 6 nitrogen and oxygen atoms in total. The maximum atomic E-state index is 13.2. The summed E-state index contributed by atoms with van der Waals surface area (Å²) >= 11 is 0. The molecule has 162 valence electrons. The van der Waals surface area contributed by atoms with Crippen molar-refractivity contribution >= 4 is 28.1 Å².